The van der Waals surface area contributed by atoms with Crippen molar-refractivity contribution in [2.24, 2.45) is 5.92 Å². The molecule has 3 rings (SSSR count). The molecule has 0 spiro atoms. The van der Waals surface area contributed by atoms with Crippen LogP contribution in [0.5, 0.6) is 5.75 Å². The summed E-state index contributed by atoms with van der Waals surface area (Å²) in [6.07, 6.45) is 2.96. The summed E-state index contributed by atoms with van der Waals surface area (Å²) < 4.78 is 18.8. The highest BCUT2D eigenvalue weighted by Crippen LogP contribution is 2.32. The van der Waals surface area contributed by atoms with E-state index in [1.807, 2.05) is 0 Å². The zero-order valence-electron chi connectivity index (χ0n) is 14.7. The highest BCUT2D eigenvalue weighted by atomic mass is 19.1. The zero-order valence-corrected chi connectivity index (χ0v) is 14.7. The number of benzene rings is 1. The second-order valence-electron chi connectivity index (χ2n) is 6.67. The number of ether oxygens (including phenoxy) is 1. The Kier molecular flexibility index (Phi) is 5.83. The molecule has 1 fully saturated rings. The summed E-state index contributed by atoms with van der Waals surface area (Å²) in [5.74, 6) is 0.179. The second kappa shape index (κ2) is 8.27. The van der Waals surface area contributed by atoms with Crippen LogP contribution >= 0.6 is 0 Å². The maximum atomic E-state index is 13.0. The number of hydrogen-bond acceptors (Lipinski definition) is 4. The third kappa shape index (κ3) is 4.38. The molecule has 1 amide bonds. The SMILES string of the molecule is CN(CC[C@H]1CC[C@@H](Oc2ccc(F)cc2)[C@@H]1O)C(=O)c1ccccn1. The van der Waals surface area contributed by atoms with E-state index in [0.29, 0.717) is 24.4 Å². The van der Waals surface area contributed by atoms with E-state index in [9.17, 15) is 14.3 Å². The largest absolute Gasteiger partial charge is 0.488 e. The molecule has 1 aromatic heterocycles. The van der Waals surface area contributed by atoms with E-state index in [1.165, 1.54) is 12.1 Å². The van der Waals surface area contributed by atoms with Crippen molar-refractivity contribution in [1.29, 1.82) is 0 Å². The third-order valence-corrected chi connectivity index (χ3v) is 4.85. The van der Waals surface area contributed by atoms with Gasteiger partial charge in [0.15, 0.2) is 0 Å². The maximum absolute atomic E-state index is 13.0. The normalized spacial score (nSPS) is 22.2. The third-order valence-electron chi connectivity index (χ3n) is 4.85. The van der Waals surface area contributed by atoms with Gasteiger partial charge in [0.2, 0.25) is 0 Å². The Bertz CT molecular complexity index is 724. The van der Waals surface area contributed by atoms with Crippen LogP contribution in [-0.2, 0) is 0 Å². The summed E-state index contributed by atoms with van der Waals surface area (Å²) in [6.45, 7) is 0.542. The van der Waals surface area contributed by atoms with Crippen molar-refractivity contribution >= 4 is 5.91 Å². The number of aliphatic hydroxyl groups excluding tert-OH is 1. The van der Waals surface area contributed by atoms with Crippen molar-refractivity contribution in [3.8, 4) is 5.75 Å². The van der Waals surface area contributed by atoms with Gasteiger partial charge in [-0.3, -0.25) is 9.78 Å². The van der Waals surface area contributed by atoms with Crippen LogP contribution in [0.1, 0.15) is 29.8 Å². The fraction of sp³-hybridized carbons (Fsp3) is 0.400. The average Bonchev–Trinajstić information content (AvgIpc) is 3.01. The molecule has 0 aliphatic heterocycles. The molecule has 0 radical (unpaired) electrons. The quantitative estimate of drug-likeness (QED) is 0.862. The Balaban J connectivity index is 1.50. The number of hydrogen-bond donors (Lipinski definition) is 1. The fourth-order valence-corrected chi connectivity index (χ4v) is 3.30. The number of halogens is 1. The van der Waals surface area contributed by atoms with Gasteiger partial charge in [-0.1, -0.05) is 6.07 Å². The van der Waals surface area contributed by atoms with Crippen molar-refractivity contribution in [3.63, 3.8) is 0 Å². The van der Waals surface area contributed by atoms with E-state index in [1.54, 1.807) is 48.5 Å². The molecule has 138 valence electrons. The van der Waals surface area contributed by atoms with Gasteiger partial charge < -0.3 is 14.7 Å². The van der Waals surface area contributed by atoms with Gasteiger partial charge in [0.1, 0.15) is 23.4 Å². The molecular formula is C20H23FN2O3. The van der Waals surface area contributed by atoms with Gasteiger partial charge in [-0.25, -0.2) is 4.39 Å². The highest BCUT2D eigenvalue weighted by Gasteiger charge is 2.36. The molecule has 26 heavy (non-hydrogen) atoms. The number of aromatic nitrogens is 1. The van der Waals surface area contributed by atoms with Crippen LogP contribution in [0.25, 0.3) is 0 Å². The number of carbonyl (C=O) groups is 1. The van der Waals surface area contributed by atoms with Crippen molar-refractivity contribution < 1.29 is 19.0 Å². The summed E-state index contributed by atoms with van der Waals surface area (Å²) in [4.78, 5) is 18.0. The van der Waals surface area contributed by atoms with Gasteiger partial charge in [-0.05, 0) is 61.6 Å². The first-order valence-electron chi connectivity index (χ1n) is 8.81. The number of nitrogens with zero attached hydrogens (tertiary/aromatic N) is 2. The van der Waals surface area contributed by atoms with E-state index in [4.69, 9.17) is 4.74 Å². The molecule has 6 heteroatoms. The number of aliphatic hydroxyl groups is 1. The number of pyridine rings is 1. The van der Waals surface area contributed by atoms with Gasteiger partial charge in [0.05, 0.1) is 6.10 Å². The highest BCUT2D eigenvalue weighted by molar-refractivity contribution is 5.91. The summed E-state index contributed by atoms with van der Waals surface area (Å²) in [5, 5.41) is 10.5. The molecule has 1 heterocycles. The number of rotatable bonds is 6. The van der Waals surface area contributed by atoms with Gasteiger partial charge in [0.25, 0.3) is 5.91 Å². The molecule has 1 aliphatic carbocycles. The molecule has 2 aromatic rings. The molecule has 0 unspecified atom stereocenters. The maximum Gasteiger partial charge on any atom is 0.272 e. The first-order valence-corrected chi connectivity index (χ1v) is 8.81. The summed E-state index contributed by atoms with van der Waals surface area (Å²) in [6, 6.07) is 11.1. The summed E-state index contributed by atoms with van der Waals surface area (Å²) >= 11 is 0. The minimum absolute atomic E-state index is 0.0689. The number of amides is 1. The van der Waals surface area contributed by atoms with Crippen molar-refractivity contribution in [1.82, 2.24) is 9.88 Å². The minimum Gasteiger partial charge on any atom is -0.488 e. The summed E-state index contributed by atoms with van der Waals surface area (Å²) in [5.41, 5.74) is 0.416. The lowest BCUT2D eigenvalue weighted by Crippen LogP contribution is -2.34. The lowest BCUT2D eigenvalue weighted by molar-refractivity contribution is 0.0305. The average molecular weight is 358 g/mol. The number of carbonyl (C=O) groups excluding carboxylic acids is 1. The van der Waals surface area contributed by atoms with E-state index < -0.39 is 6.10 Å². The van der Waals surface area contributed by atoms with Crippen molar-refractivity contribution in [2.45, 2.75) is 31.5 Å². The topological polar surface area (TPSA) is 62.7 Å². The Labute approximate surface area is 152 Å². The van der Waals surface area contributed by atoms with Crippen LogP contribution in [0, 0.1) is 11.7 Å². The van der Waals surface area contributed by atoms with Crippen molar-refractivity contribution in [3.05, 3.63) is 60.2 Å². The van der Waals surface area contributed by atoms with Crippen LogP contribution in [0.2, 0.25) is 0 Å². The van der Waals surface area contributed by atoms with E-state index >= 15 is 0 Å². The predicted octanol–water partition coefficient (Wildman–Crippen LogP) is 2.90. The first-order chi connectivity index (χ1) is 12.5. The molecular weight excluding hydrogens is 335 g/mol. The van der Waals surface area contributed by atoms with Gasteiger partial charge in [-0.2, -0.15) is 0 Å². The van der Waals surface area contributed by atoms with Crippen molar-refractivity contribution in [2.75, 3.05) is 13.6 Å². The Morgan fingerprint density at radius 2 is 2.04 bits per heavy atom. The molecule has 3 atom stereocenters. The van der Waals surface area contributed by atoms with Gasteiger partial charge in [0, 0.05) is 19.8 Å². The molecule has 1 N–H and O–H groups in total. The van der Waals surface area contributed by atoms with E-state index in [-0.39, 0.29) is 23.7 Å². The lowest BCUT2D eigenvalue weighted by atomic mass is 10.0. The lowest BCUT2D eigenvalue weighted by Gasteiger charge is -2.23. The van der Waals surface area contributed by atoms with Crippen LogP contribution in [-0.4, -0.2) is 46.7 Å². The molecule has 1 aliphatic rings. The van der Waals surface area contributed by atoms with Crippen LogP contribution < -0.4 is 4.74 Å². The van der Waals surface area contributed by atoms with Crippen LogP contribution in [0.4, 0.5) is 4.39 Å². The molecule has 0 bridgehead atoms. The van der Waals surface area contributed by atoms with Gasteiger partial charge in [-0.15, -0.1) is 0 Å². The fourth-order valence-electron chi connectivity index (χ4n) is 3.30. The second-order valence-corrected chi connectivity index (χ2v) is 6.67. The molecule has 0 saturated heterocycles. The zero-order chi connectivity index (χ0) is 18.5. The Hall–Kier alpha value is -2.47. The van der Waals surface area contributed by atoms with Crippen LogP contribution in [0.3, 0.4) is 0 Å². The standard InChI is InChI=1S/C20H23FN2O3/c1-23(20(25)17-4-2-3-12-22-17)13-11-14-5-10-18(19(14)24)26-16-8-6-15(21)7-9-16/h2-4,6-9,12,14,18-19,24H,5,10-11,13H2,1H3/t14-,18-,19-/m1/s1. The summed E-state index contributed by atoms with van der Waals surface area (Å²) in [7, 11) is 1.74. The molecule has 5 nitrogen and oxygen atoms in total. The predicted molar refractivity (Wildman–Crippen MR) is 95.4 cm³/mol. The van der Waals surface area contributed by atoms with Crippen LogP contribution in [0.15, 0.2) is 48.7 Å². The Morgan fingerprint density at radius 1 is 1.27 bits per heavy atom. The first kappa shape index (κ1) is 18.3. The monoisotopic (exact) mass is 358 g/mol. The van der Waals surface area contributed by atoms with Gasteiger partial charge >= 0.3 is 0 Å². The smallest absolute Gasteiger partial charge is 0.272 e. The minimum atomic E-state index is -0.599. The van der Waals surface area contributed by atoms with E-state index in [0.717, 1.165) is 12.8 Å². The molecule has 1 aromatic carbocycles. The molecule has 1 saturated carbocycles. The Morgan fingerprint density at radius 3 is 2.73 bits per heavy atom. The van der Waals surface area contributed by atoms with E-state index in [2.05, 4.69) is 4.98 Å².